The minimum atomic E-state index is -0.544. The quantitative estimate of drug-likeness (QED) is 0.638. The van der Waals surface area contributed by atoms with Gasteiger partial charge in [-0.3, -0.25) is 0 Å². The fraction of sp³-hybridized carbons (Fsp3) is 0.227. The van der Waals surface area contributed by atoms with E-state index in [-0.39, 0.29) is 0 Å². The summed E-state index contributed by atoms with van der Waals surface area (Å²) < 4.78 is 7.50. The first-order valence-electron chi connectivity index (χ1n) is 8.76. The predicted octanol–water partition coefficient (Wildman–Crippen LogP) is 4.26. The van der Waals surface area contributed by atoms with E-state index in [0.717, 1.165) is 34.1 Å². The van der Waals surface area contributed by atoms with E-state index in [1.54, 1.807) is 7.11 Å². The zero-order valence-corrected chi connectivity index (χ0v) is 15.9. The summed E-state index contributed by atoms with van der Waals surface area (Å²) in [6.07, 6.45) is 5.83. The third-order valence-corrected chi connectivity index (χ3v) is 5.07. The van der Waals surface area contributed by atoms with E-state index >= 15 is 0 Å². The highest BCUT2D eigenvalue weighted by atomic mass is 35.5. The molecule has 3 nitrogen and oxygen atoms in total. The van der Waals surface area contributed by atoms with E-state index in [1.807, 2.05) is 31.3 Å². The number of ether oxygens (including phenoxy) is 1. The molecule has 26 heavy (non-hydrogen) atoms. The van der Waals surface area contributed by atoms with Crippen molar-refractivity contribution in [2.75, 3.05) is 7.11 Å². The zero-order chi connectivity index (χ0) is 18.3. The maximum atomic E-state index is 6.62. The van der Waals surface area contributed by atoms with Crippen LogP contribution in [0.2, 0.25) is 0 Å². The van der Waals surface area contributed by atoms with Gasteiger partial charge in [0.15, 0.2) is 0 Å². The van der Waals surface area contributed by atoms with Gasteiger partial charge < -0.3 is 9.30 Å². The van der Waals surface area contributed by atoms with Crippen LogP contribution in [0.3, 0.4) is 0 Å². The molecule has 0 radical (unpaired) electrons. The third-order valence-electron chi connectivity index (χ3n) is 4.84. The molecule has 0 bridgehead atoms. The Hall–Kier alpha value is -2.52. The maximum Gasteiger partial charge on any atom is 0.140 e. The van der Waals surface area contributed by atoms with Crippen molar-refractivity contribution in [2.24, 2.45) is 4.99 Å². The Morgan fingerprint density at radius 3 is 2.54 bits per heavy atom. The highest BCUT2D eigenvalue weighted by Gasteiger charge is 2.18. The van der Waals surface area contributed by atoms with Crippen molar-refractivity contribution < 1.29 is 4.74 Å². The second-order valence-corrected chi connectivity index (χ2v) is 7.50. The van der Waals surface area contributed by atoms with Crippen LogP contribution in [-0.4, -0.2) is 16.6 Å². The lowest BCUT2D eigenvalue weighted by molar-refractivity contribution is 0.415. The van der Waals surface area contributed by atoms with Crippen molar-refractivity contribution in [3.63, 3.8) is 0 Å². The minimum Gasteiger partial charge on any atom is -0.497 e. The third kappa shape index (κ3) is 2.82. The molecule has 0 saturated carbocycles. The number of allylic oxidation sites excluding steroid dienone is 1. The first-order chi connectivity index (χ1) is 12.5. The molecule has 0 saturated heterocycles. The fourth-order valence-corrected chi connectivity index (χ4v) is 3.68. The van der Waals surface area contributed by atoms with Gasteiger partial charge in [-0.1, -0.05) is 18.2 Å². The molecule has 0 fully saturated rings. The highest BCUT2D eigenvalue weighted by molar-refractivity contribution is 6.28. The Balaban J connectivity index is 2.00. The van der Waals surface area contributed by atoms with Gasteiger partial charge in [-0.15, -0.1) is 11.6 Å². The number of aromatic nitrogens is 1. The molecule has 2 heterocycles. The Bertz CT molecular complexity index is 1120. The monoisotopic (exact) mass is 364 g/mol. The van der Waals surface area contributed by atoms with Gasteiger partial charge in [0.2, 0.25) is 0 Å². The Morgan fingerprint density at radius 1 is 1.12 bits per heavy atom. The number of nitrogens with zero attached hydrogens (tertiary/aromatic N) is 2. The summed E-state index contributed by atoms with van der Waals surface area (Å²) in [7, 11) is 1.68. The molecule has 0 aliphatic carbocycles. The second-order valence-electron chi connectivity index (χ2n) is 6.68. The molecule has 2 aromatic carbocycles. The lowest BCUT2D eigenvalue weighted by atomic mass is 10.0. The fourth-order valence-electron chi connectivity index (χ4n) is 3.52. The molecule has 4 heteroatoms. The van der Waals surface area contributed by atoms with E-state index in [2.05, 4.69) is 52.9 Å². The van der Waals surface area contributed by atoms with Crippen LogP contribution in [0.1, 0.15) is 13.8 Å². The summed E-state index contributed by atoms with van der Waals surface area (Å²) in [5.41, 5.74) is 4.47. The van der Waals surface area contributed by atoms with E-state index < -0.39 is 4.87 Å². The first-order valence-corrected chi connectivity index (χ1v) is 9.14. The predicted molar refractivity (Wildman–Crippen MR) is 108 cm³/mol. The van der Waals surface area contributed by atoms with Crippen molar-refractivity contribution in [1.82, 2.24) is 4.57 Å². The second kappa shape index (κ2) is 6.33. The van der Waals surface area contributed by atoms with Crippen molar-refractivity contribution in [2.45, 2.75) is 25.3 Å². The van der Waals surface area contributed by atoms with Crippen molar-refractivity contribution >= 4 is 28.6 Å². The lowest BCUT2D eigenvalue weighted by Crippen LogP contribution is -2.30. The van der Waals surface area contributed by atoms with Gasteiger partial charge in [0.1, 0.15) is 11.2 Å². The Kier molecular flexibility index (Phi) is 4.12. The van der Waals surface area contributed by atoms with Gasteiger partial charge in [0.25, 0.3) is 0 Å². The van der Waals surface area contributed by atoms with Gasteiger partial charge in [-0.2, -0.15) is 0 Å². The summed E-state index contributed by atoms with van der Waals surface area (Å²) in [5.74, 6) is 0.858. The molecule has 1 atom stereocenters. The zero-order valence-electron chi connectivity index (χ0n) is 15.2. The number of alkyl halides is 1. The smallest absolute Gasteiger partial charge is 0.140 e. The Morgan fingerprint density at radius 2 is 1.85 bits per heavy atom. The number of fused-ring (bicyclic) bond motifs is 3. The molecule has 1 unspecified atom stereocenters. The molecule has 0 N–H and O–H groups in total. The number of methoxy groups -OCH3 is 1. The highest BCUT2D eigenvalue weighted by Crippen LogP contribution is 2.26. The topological polar surface area (TPSA) is 26.5 Å². The SMILES string of the molecule is CCn1c2c(c3cc(-c4ccc(OC)cc4)ccc31)=CC(C)(Cl)C=CN=2. The van der Waals surface area contributed by atoms with E-state index in [1.165, 1.54) is 10.9 Å². The minimum absolute atomic E-state index is 0.544. The van der Waals surface area contributed by atoms with Crippen LogP contribution in [0.5, 0.6) is 5.75 Å². The standard InChI is InChI=1S/C22H21ClN2O/c1-4-25-20-10-7-16(15-5-8-17(26-3)9-6-15)13-18(20)19-14-22(2,23)11-12-24-21(19)25/h5-14H,4H2,1-3H3. The number of hydrogen-bond donors (Lipinski definition) is 0. The molecule has 3 aromatic rings. The molecular formula is C22H21ClN2O. The van der Waals surface area contributed by atoms with Crippen LogP contribution in [0, 0.1) is 0 Å². The summed E-state index contributed by atoms with van der Waals surface area (Å²) in [4.78, 5) is 4.12. The normalized spacial score (nSPS) is 18.8. The van der Waals surface area contributed by atoms with Gasteiger partial charge in [-0.05, 0) is 61.4 Å². The van der Waals surface area contributed by atoms with Crippen LogP contribution in [0.25, 0.3) is 28.1 Å². The summed E-state index contributed by atoms with van der Waals surface area (Å²) >= 11 is 6.62. The number of aryl methyl sites for hydroxylation is 1. The summed E-state index contributed by atoms with van der Waals surface area (Å²) in [6, 6.07) is 14.7. The van der Waals surface area contributed by atoms with Gasteiger partial charge in [0.05, 0.1) is 17.5 Å². The molecule has 1 aliphatic rings. The van der Waals surface area contributed by atoms with E-state index in [0.29, 0.717) is 0 Å². The number of rotatable bonds is 3. The molecule has 0 amide bonds. The average molecular weight is 365 g/mol. The number of hydrogen-bond acceptors (Lipinski definition) is 2. The number of benzene rings is 2. The van der Waals surface area contributed by atoms with Gasteiger partial charge in [0, 0.05) is 23.3 Å². The van der Waals surface area contributed by atoms with Crippen LogP contribution >= 0.6 is 11.6 Å². The lowest BCUT2D eigenvalue weighted by Gasteiger charge is -2.09. The molecule has 1 aliphatic heterocycles. The van der Waals surface area contributed by atoms with E-state index in [4.69, 9.17) is 16.3 Å². The van der Waals surface area contributed by atoms with Crippen LogP contribution < -0.4 is 15.4 Å². The van der Waals surface area contributed by atoms with Gasteiger partial charge >= 0.3 is 0 Å². The largest absolute Gasteiger partial charge is 0.497 e. The average Bonchev–Trinajstić information content (AvgIpc) is 2.82. The maximum absolute atomic E-state index is 6.62. The summed E-state index contributed by atoms with van der Waals surface area (Å²) in [5, 5.41) is 2.27. The molecule has 0 spiro atoms. The first kappa shape index (κ1) is 16.9. The molecule has 1 aromatic heterocycles. The van der Waals surface area contributed by atoms with Crippen LogP contribution in [-0.2, 0) is 6.54 Å². The van der Waals surface area contributed by atoms with Crippen molar-refractivity contribution in [1.29, 1.82) is 0 Å². The number of halogens is 1. The van der Waals surface area contributed by atoms with Crippen molar-refractivity contribution in [3.8, 4) is 16.9 Å². The molecule has 4 rings (SSSR count). The van der Waals surface area contributed by atoms with Crippen LogP contribution in [0.4, 0.5) is 0 Å². The molecular weight excluding hydrogens is 344 g/mol. The molecule has 132 valence electrons. The Labute approximate surface area is 157 Å². The van der Waals surface area contributed by atoms with Gasteiger partial charge in [-0.25, -0.2) is 4.99 Å². The summed E-state index contributed by atoms with van der Waals surface area (Å²) in [6.45, 7) is 4.98. The van der Waals surface area contributed by atoms with Crippen molar-refractivity contribution in [3.05, 3.63) is 65.4 Å². The van der Waals surface area contributed by atoms with Crippen LogP contribution in [0.15, 0.2) is 59.7 Å². The van der Waals surface area contributed by atoms with E-state index in [9.17, 15) is 0 Å².